The lowest BCUT2D eigenvalue weighted by atomic mass is 9.93. The summed E-state index contributed by atoms with van der Waals surface area (Å²) in [6, 6.07) is 6.14. The first-order chi connectivity index (χ1) is 17.1. The van der Waals surface area contributed by atoms with Crippen LogP contribution < -0.4 is 19.8 Å². The van der Waals surface area contributed by atoms with Gasteiger partial charge in [0, 0.05) is 19.3 Å². The van der Waals surface area contributed by atoms with E-state index in [4.69, 9.17) is 5.11 Å². The number of halogens is 2. The second-order valence-corrected chi connectivity index (χ2v) is 11.6. The Labute approximate surface area is 207 Å². The lowest BCUT2D eigenvalue weighted by Crippen LogP contribution is -2.56. The van der Waals surface area contributed by atoms with Crippen molar-refractivity contribution in [1.82, 2.24) is 9.97 Å². The predicted molar refractivity (Wildman–Crippen MR) is 131 cm³/mol. The number of rotatable bonds is 8. The Morgan fingerprint density at radius 2 is 1.81 bits per heavy atom. The van der Waals surface area contributed by atoms with E-state index in [9.17, 15) is 22.0 Å². The third-order valence-corrected chi connectivity index (χ3v) is 8.30. The van der Waals surface area contributed by atoms with Gasteiger partial charge in [0.2, 0.25) is 16.0 Å². The van der Waals surface area contributed by atoms with Gasteiger partial charge in [0.05, 0.1) is 42.4 Å². The van der Waals surface area contributed by atoms with Crippen LogP contribution in [0.25, 0.3) is 0 Å². The zero-order valence-corrected chi connectivity index (χ0v) is 20.4. The molecule has 36 heavy (non-hydrogen) atoms. The Morgan fingerprint density at radius 3 is 2.44 bits per heavy atom. The van der Waals surface area contributed by atoms with Crippen molar-refractivity contribution < 1.29 is 27.1 Å². The zero-order valence-electron chi connectivity index (χ0n) is 19.6. The number of aliphatic hydroxyl groups excluding tert-OH is 1. The first kappa shape index (κ1) is 24.6. The van der Waals surface area contributed by atoms with Gasteiger partial charge < -0.3 is 14.9 Å². The Morgan fingerprint density at radius 1 is 1.08 bits per heavy atom. The van der Waals surface area contributed by atoms with Gasteiger partial charge in [-0.1, -0.05) is 0 Å². The minimum atomic E-state index is -3.74. The molecule has 1 spiro atoms. The van der Waals surface area contributed by atoms with Gasteiger partial charge in [-0.15, -0.1) is 0 Å². The molecular formula is C23H28F2N6O4S. The molecule has 3 heterocycles. The number of aromatic nitrogens is 2. The van der Waals surface area contributed by atoms with Gasteiger partial charge in [-0.05, 0) is 55.4 Å². The van der Waals surface area contributed by atoms with E-state index >= 15 is 0 Å². The van der Waals surface area contributed by atoms with E-state index in [1.54, 1.807) is 6.07 Å². The SMILES string of the molecule is O=C(Nc1nccc(N2CC(F)(F)C2)n1)c1ccc(NS(=O)(=O)CCO)cc1N1CCC2(CC1)CC2. The summed E-state index contributed by atoms with van der Waals surface area (Å²) >= 11 is 0. The highest BCUT2D eigenvalue weighted by atomic mass is 32.2. The molecule has 1 amide bonds. The Bertz CT molecular complexity index is 1250. The van der Waals surface area contributed by atoms with Crippen LogP contribution in [0.5, 0.6) is 0 Å². The number of sulfonamides is 1. The standard InChI is InChI=1S/C23H28F2N6O4S/c24-23(25)14-31(15-23)19-3-8-26-21(27-19)28-20(33)17-2-1-16(29-36(34,35)12-11-32)13-18(17)30-9-6-22(4-5-22)7-10-30/h1-3,8,13,29,32H,4-7,9-12,14-15H2,(H,26,27,28,33). The predicted octanol–water partition coefficient (Wildman–Crippen LogP) is 2.30. The molecule has 3 aliphatic rings. The molecule has 10 nitrogen and oxygen atoms in total. The molecular weight excluding hydrogens is 494 g/mol. The molecule has 194 valence electrons. The summed E-state index contributed by atoms with van der Waals surface area (Å²) in [5.74, 6) is -3.40. The molecule has 2 aliphatic heterocycles. The van der Waals surface area contributed by atoms with Crippen molar-refractivity contribution in [1.29, 1.82) is 0 Å². The van der Waals surface area contributed by atoms with E-state index in [0.29, 0.717) is 28.2 Å². The van der Waals surface area contributed by atoms with Crippen LogP contribution in [0, 0.1) is 5.41 Å². The third kappa shape index (κ3) is 5.36. The van der Waals surface area contributed by atoms with Gasteiger partial charge in [-0.3, -0.25) is 14.8 Å². The lowest BCUT2D eigenvalue weighted by molar-refractivity contribution is -0.0267. The van der Waals surface area contributed by atoms with Crippen molar-refractivity contribution in [2.24, 2.45) is 5.41 Å². The highest BCUT2D eigenvalue weighted by molar-refractivity contribution is 7.92. The van der Waals surface area contributed by atoms with E-state index in [0.717, 1.165) is 25.9 Å². The molecule has 1 aromatic heterocycles. The van der Waals surface area contributed by atoms with Crippen LogP contribution in [0.1, 0.15) is 36.0 Å². The molecule has 3 fully saturated rings. The van der Waals surface area contributed by atoms with E-state index < -0.39 is 47.3 Å². The smallest absolute Gasteiger partial charge is 0.282 e. The Hall–Kier alpha value is -3.06. The van der Waals surface area contributed by atoms with Gasteiger partial charge in [0.1, 0.15) is 5.82 Å². The molecule has 2 aromatic rings. The van der Waals surface area contributed by atoms with Gasteiger partial charge in [-0.25, -0.2) is 22.2 Å². The van der Waals surface area contributed by atoms with Crippen LogP contribution in [-0.4, -0.2) is 73.9 Å². The summed E-state index contributed by atoms with van der Waals surface area (Å²) in [6.07, 6.45) is 5.83. The summed E-state index contributed by atoms with van der Waals surface area (Å²) in [4.78, 5) is 25.0. The summed E-state index contributed by atoms with van der Waals surface area (Å²) < 4.78 is 53.3. The number of aliphatic hydroxyl groups is 1. The number of benzene rings is 1. The molecule has 0 radical (unpaired) electrons. The average Bonchev–Trinajstić information content (AvgIpc) is 3.56. The number of piperidine rings is 1. The first-order valence-corrected chi connectivity index (χ1v) is 13.5. The maximum atomic E-state index is 13.3. The van der Waals surface area contributed by atoms with Crippen molar-refractivity contribution in [2.45, 2.75) is 31.6 Å². The van der Waals surface area contributed by atoms with E-state index in [-0.39, 0.29) is 5.95 Å². The summed E-state index contributed by atoms with van der Waals surface area (Å²) in [5, 5.41) is 11.7. The number of alkyl halides is 2. The minimum Gasteiger partial charge on any atom is -0.395 e. The van der Waals surface area contributed by atoms with Crippen molar-refractivity contribution in [3.05, 3.63) is 36.0 Å². The average molecular weight is 523 g/mol. The van der Waals surface area contributed by atoms with Crippen molar-refractivity contribution in [2.75, 3.05) is 58.4 Å². The first-order valence-electron chi connectivity index (χ1n) is 11.8. The molecule has 0 atom stereocenters. The number of nitrogens with zero attached hydrogens (tertiary/aromatic N) is 4. The lowest BCUT2D eigenvalue weighted by Gasteiger charge is -2.39. The van der Waals surface area contributed by atoms with Crippen LogP contribution >= 0.6 is 0 Å². The molecule has 0 unspecified atom stereocenters. The van der Waals surface area contributed by atoms with E-state index in [1.807, 2.05) is 0 Å². The number of hydrogen-bond donors (Lipinski definition) is 3. The van der Waals surface area contributed by atoms with Gasteiger partial charge >= 0.3 is 0 Å². The second-order valence-electron chi connectivity index (χ2n) is 9.77. The largest absolute Gasteiger partial charge is 0.395 e. The third-order valence-electron chi connectivity index (χ3n) is 7.03. The topological polar surface area (TPSA) is 128 Å². The molecule has 1 aliphatic carbocycles. The monoisotopic (exact) mass is 522 g/mol. The van der Waals surface area contributed by atoms with Crippen LogP contribution in [0.3, 0.4) is 0 Å². The Balaban J connectivity index is 1.38. The number of carbonyl (C=O) groups is 1. The quantitative estimate of drug-likeness (QED) is 0.482. The second kappa shape index (κ2) is 9.11. The van der Waals surface area contributed by atoms with Crippen molar-refractivity contribution in [3.8, 4) is 0 Å². The molecule has 1 aromatic carbocycles. The number of anilines is 4. The van der Waals surface area contributed by atoms with Crippen LogP contribution in [-0.2, 0) is 10.0 Å². The molecule has 2 saturated heterocycles. The summed E-state index contributed by atoms with van der Waals surface area (Å²) in [5.41, 5.74) is 1.59. The molecule has 13 heteroatoms. The van der Waals surface area contributed by atoms with E-state index in [2.05, 4.69) is 24.9 Å². The highest BCUT2D eigenvalue weighted by Gasteiger charge is 2.45. The molecule has 5 rings (SSSR count). The zero-order chi connectivity index (χ0) is 25.6. The fourth-order valence-electron chi connectivity index (χ4n) is 4.73. The van der Waals surface area contributed by atoms with Crippen LogP contribution in [0.4, 0.5) is 31.9 Å². The van der Waals surface area contributed by atoms with Crippen LogP contribution in [0.2, 0.25) is 0 Å². The minimum absolute atomic E-state index is 0.0121. The van der Waals surface area contributed by atoms with Crippen LogP contribution in [0.15, 0.2) is 30.5 Å². The Kier molecular flexibility index (Phi) is 6.23. The van der Waals surface area contributed by atoms with Gasteiger partial charge in [0.15, 0.2) is 0 Å². The molecule has 1 saturated carbocycles. The maximum absolute atomic E-state index is 13.3. The molecule has 0 bridgehead atoms. The number of carbonyl (C=O) groups excluding carboxylic acids is 1. The number of hydrogen-bond acceptors (Lipinski definition) is 8. The fourth-order valence-corrected chi connectivity index (χ4v) is 5.56. The normalized spacial score (nSPS) is 20.1. The van der Waals surface area contributed by atoms with E-state index in [1.165, 1.54) is 42.1 Å². The maximum Gasteiger partial charge on any atom is 0.282 e. The van der Waals surface area contributed by atoms with Crippen molar-refractivity contribution >= 4 is 39.1 Å². The van der Waals surface area contributed by atoms with Crippen molar-refractivity contribution in [3.63, 3.8) is 0 Å². The highest BCUT2D eigenvalue weighted by Crippen LogP contribution is 2.54. The fraction of sp³-hybridized carbons (Fsp3) is 0.522. The summed E-state index contributed by atoms with van der Waals surface area (Å²) in [6.45, 7) is 0.0902. The number of amides is 1. The van der Waals surface area contributed by atoms with Gasteiger partial charge in [0.25, 0.3) is 11.8 Å². The molecule has 3 N–H and O–H groups in total. The summed E-state index contributed by atoms with van der Waals surface area (Å²) in [7, 11) is -3.74. The van der Waals surface area contributed by atoms with Gasteiger partial charge in [-0.2, -0.15) is 4.98 Å². The number of nitrogens with one attached hydrogen (secondary N) is 2.